The van der Waals surface area contributed by atoms with Gasteiger partial charge in [0.1, 0.15) is 5.82 Å². The van der Waals surface area contributed by atoms with Crippen LogP contribution < -0.4 is 5.32 Å². The average Bonchev–Trinajstić information content (AvgIpc) is 2.64. The summed E-state index contributed by atoms with van der Waals surface area (Å²) in [7, 11) is 0. The molecule has 0 aliphatic heterocycles. The molecule has 0 aliphatic carbocycles. The molecule has 0 saturated carbocycles. The third-order valence-electron chi connectivity index (χ3n) is 3.89. The quantitative estimate of drug-likeness (QED) is 0.539. The molecule has 4 rings (SSSR count). The topological polar surface area (TPSA) is 50.7 Å². The smallest absolute Gasteiger partial charge is 0.163 e. The van der Waals surface area contributed by atoms with Crippen molar-refractivity contribution in [1.29, 1.82) is 0 Å². The summed E-state index contributed by atoms with van der Waals surface area (Å²) in [6, 6.07) is 17.6. The first-order valence-electron chi connectivity index (χ1n) is 7.90. The maximum Gasteiger partial charge on any atom is 0.163 e. The Hall–Kier alpha value is -2.98. The molecule has 1 N–H and O–H groups in total. The van der Waals surface area contributed by atoms with E-state index in [0.717, 1.165) is 28.0 Å². The number of fused-ring (bicyclic) bond motifs is 1. The van der Waals surface area contributed by atoms with E-state index in [2.05, 4.69) is 34.3 Å². The predicted molar refractivity (Wildman–Crippen MR) is 102 cm³/mol. The Bertz CT molecular complexity index is 1030. The number of pyridine rings is 1. The van der Waals surface area contributed by atoms with Gasteiger partial charge in [-0.15, -0.1) is 0 Å². The van der Waals surface area contributed by atoms with E-state index in [1.807, 2.05) is 42.5 Å². The lowest BCUT2D eigenvalue weighted by molar-refractivity contribution is 1.20. The highest BCUT2D eigenvalue weighted by Gasteiger charge is 2.10. The van der Waals surface area contributed by atoms with Gasteiger partial charge in [0, 0.05) is 34.1 Å². The highest BCUT2D eigenvalue weighted by atomic mass is 35.5. The van der Waals surface area contributed by atoms with Crippen LogP contribution >= 0.6 is 11.6 Å². The third kappa shape index (κ3) is 3.30. The third-order valence-corrected chi connectivity index (χ3v) is 4.13. The molecular formula is C20H15ClN4. The number of rotatable bonds is 3. The fourth-order valence-electron chi connectivity index (χ4n) is 2.59. The largest absolute Gasteiger partial charge is 0.340 e. The number of hydrogen-bond acceptors (Lipinski definition) is 4. The minimum atomic E-state index is 0.623. The van der Waals surface area contributed by atoms with Crippen LogP contribution in [0.5, 0.6) is 0 Å². The molecule has 0 radical (unpaired) electrons. The van der Waals surface area contributed by atoms with Crippen LogP contribution in [-0.4, -0.2) is 15.0 Å². The van der Waals surface area contributed by atoms with Gasteiger partial charge in [-0.2, -0.15) is 0 Å². The normalized spacial score (nSPS) is 10.8. The molecule has 4 nitrogen and oxygen atoms in total. The van der Waals surface area contributed by atoms with Crippen LogP contribution in [0.3, 0.4) is 0 Å². The van der Waals surface area contributed by atoms with Gasteiger partial charge in [0.05, 0.1) is 5.52 Å². The van der Waals surface area contributed by atoms with E-state index in [1.165, 1.54) is 5.56 Å². The Kier molecular flexibility index (Phi) is 4.04. The lowest BCUT2D eigenvalue weighted by Gasteiger charge is -2.11. The zero-order valence-electron chi connectivity index (χ0n) is 13.6. The molecule has 0 unspecified atom stereocenters. The van der Waals surface area contributed by atoms with Gasteiger partial charge in [0.15, 0.2) is 5.82 Å². The van der Waals surface area contributed by atoms with Crippen molar-refractivity contribution in [3.8, 4) is 11.4 Å². The molecule has 0 spiro atoms. The van der Waals surface area contributed by atoms with Gasteiger partial charge < -0.3 is 5.32 Å². The second-order valence-electron chi connectivity index (χ2n) is 5.79. The lowest BCUT2D eigenvalue weighted by Crippen LogP contribution is -1.99. The number of anilines is 2. The van der Waals surface area contributed by atoms with Crippen molar-refractivity contribution in [1.82, 2.24) is 15.0 Å². The molecule has 2 aromatic heterocycles. The van der Waals surface area contributed by atoms with E-state index in [-0.39, 0.29) is 0 Å². The number of aryl methyl sites for hydroxylation is 1. The Labute approximate surface area is 150 Å². The van der Waals surface area contributed by atoms with Gasteiger partial charge in [-0.1, -0.05) is 29.3 Å². The molecule has 0 bridgehead atoms. The number of hydrogen-bond donors (Lipinski definition) is 1. The van der Waals surface area contributed by atoms with E-state index in [9.17, 15) is 0 Å². The van der Waals surface area contributed by atoms with E-state index < -0.39 is 0 Å². The van der Waals surface area contributed by atoms with Gasteiger partial charge in [0.2, 0.25) is 0 Å². The molecule has 0 atom stereocenters. The molecule has 25 heavy (non-hydrogen) atoms. The Morgan fingerprint density at radius 3 is 2.56 bits per heavy atom. The summed E-state index contributed by atoms with van der Waals surface area (Å²) in [4.78, 5) is 13.5. The molecular weight excluding hydrogens is 332 g/mol. The molecule has 122 valence electrons. The Balaban J connectivity index is 1.87. The van der Waals surface area contributed by atoms with Gasteiger partial charge >= 0.3 is 0 Å². The first-order valence-corrected chi connectivity index (χ1v) is 8.28. The summed E-state index contributed by atoms with van der Waals surface area (Å²) >= 11 is 6.18. The number of nitrogens with one attached hydrogen (secondary N) is 1. The fourth-order valence-corrected chi connectivity index (χ4v) is 2.77. The van der Waals surface area contributed by atoms with Crippen molar-refractivity contribution in [3.63, 3.8) is 0 Å². The SMILES string of the molecule is Cc1ccc(Nc2nc(-c3cccnc3)nc3ccc(Cl)cc23)cc1. The molecule has 5 heteroatoms. The summed E-state index contributed by atoms with van der Waals surface area (Å²) in [5, 5.41) is 4.91. The lowest BCUT2D eigenvalue weighted by atomic mass is 10.2. The fraction of sp³-hybridized carbons (Fsp3) is 0.0500. The molecule has 4 aromatic rings. The Morgan fingerprint density at radius 1 is 0.960 bits per heavy atom. The van der Waals surface area contributed by atoms with E-state index in [0.29, 0.717) is 10.8 Å². The van der Waals surface area contributed by atoms with E-state index >= 15 is 0 Å². The highest BCUT2D eigenvalue weighted by molar-refractivity contribution is 6.31. The second-order valence-corrected chi connectivity index (χ2v) is 6.23. The first-order chi connectivity index (χ1) is 12.2. The minimum absolute atomic E-state index is 0.623. The van der Waals surface area contributed by atoms with Gasteiger partial charge in [-0.25, -0.2) is 9.97 Å². The summed E-state index contributed by atoms with van der Waals surface area (Å²) in [6.07, 6.45) is 3.49. The van der Waals surface area contributed by atoms with Crippen LogP contribution in [-0.2, 0) is 0 Å². The maximum atomic E-state index is 6.18. The molecule has 0 saturated heterocycles. The number of aromatic nitrogens is 3. The van der Waals surface area contributed by atoms with Crippen molar-refractivity contribution < 1.29 is 0 Å². The highest BCUT2D eigenvalue weighted by Crippen LogP contribution is 2.29. The van der Waals surface area contributed by atoms with Crippen LogP contribution in [0, 0.1) is 6.92 Å². The van der Waals surface area contributed by atoms with Crippen molar-refractivity contribution in [2.24, 2.45) is 0 Å². The molecule has 0 aliphatic rings. The van der Waals surface area contributed by atoms with E-state index in [4.69, 9.17) is 16.6 Å². The van der Waals surface area contributed by atoms with Crippen LogP contribution in [0.15, 0.2) is 67.0 Å². The molecule has 0 amide bonds. The van der Waals surface area contributed by atoms with Crippen LogP contribution in [0.2, 0.25) is 5.02 Å². The number of benzene rings is 2. The summed E-state index contributed by atoms with van der Waals surface area (Å²) in [5.74, 6) is 1.34. The van der Waals surface area contributed by atoms with Gasteiger partial charge in [-0.05, 0) is 49.4 Å². The zero-order valence-corrected chi connectivity index (χ0v) is 14.3. The number of halogens is 1. The minimum Gasteiger partial charge on any atom is -0.340 e. The van der Waals surface area contributed by atoms with E-state index in [1.54, 1.807) is 12.4 Å². The molecule has 2 aromatic carbocycles. The monoisotopic (exact) mass is 346 g/mol. The second kappa shape index (κ2) is 6.49. The standard InChI is InChI=1S/C20H15ClN4/c1-13-4-7-16(8-5-13)23-20-17-11-15(21)6-9-18(17)24-19(25-20)14-3-2-10-22-12-14/h2-12H,1H3,(H,23,24,25). The average molecular weight is 347 g/mol. The summed E-state index contributed by atoms with van der Waals surface area (Å²) < 4.78 is 0. The molecule has 0 fully saturated rings. The van der Waals surface area contributed by atoms with Crippen LogP contribution in [0.25, 0.3) is 22.3 Å². The summed E-state index contributed by atoms with van der Waals surface area (Å²) in [6.45, 7) is 2.06. The van der Waals surface area contributed by atoms with Gasteiger partial charge in [-0.3, -0.25) is 4.98 Å². The van der Waals surface area contributed by atoms with Crippen molar-refractivity contribution in [2.45, 2.75) is 6.92 Å². The van der Waals surface area contributed by atoms with Crippen LogP contribution in [0.1, 0.15) is 5.56 Å². The predicted octanol–water partition coefficient (Wildman–Crippen LogP) is 5.40. The zero-order chi connectivity index (χ0) is 17.2. The maximum absolute atomic E-state index is 6.18. The van der Waals surface area contributed by atoms with Crippen molar-refractivity contribution in [2.75, 3.05) is 5.32 Å². The van der Waals surface area contributed by atoms with Gasteiger partial charge in [0.25, 0.3) is 0 Å². The first kappa shape index (κ1) is 15.5. The molecule has 2 heterocycles. The van der Waals surface area contributed by atoms with Crippen molar-refractivity contribution >= 4 is 34.0 Å². The van der Waals surface area contributed by atoms with Crippen molar-refractivity contribution in [3.05, 3.63) is 77.6 Å². The Morgan fingerprint density at radius 2 is 1.80 bits per heavy atom. The summed E-state index contributed by atoms with van der Waals surface area (Å²) in [5.41, 5.74) is 3.86. The number of nitrogens with zero attached hydrogens (tertiary/aromatic N) is 3. The van der Waals surface area contributed by atoms with Crippen LogP contribution in [0.4, 0.5) is 11.5 Å².